The van der Waals surface area contributed by atoms with Gasteiger partial charge in [0.2, 0.25) is 5.95 Å². The van der Waals surface area contributed by atoms with Crippen LogP contribution in [-0.4, -0.2) is 14.5 Å². The molecular formula is C8H11N5. The van der Waals surface area contributed by atoms with Gasteiger partial charge in [-0.1, -0.05) is 0 Å². The molecule has 0 aliphatic carbocycles. The average Bonchev–Trinajstić information content (AvgIpc) is 2.40. The van der Waals surface area contributed by atoms with Crippen molar-refractivity contribution < 1.29 is 0 Å². The van der Waals surface area contributed by atoms with Crippen molar-refractivity contribution in [3.8, 4) is 0 Å². The van der Waals surface area contributed by atoms with E-state index in [1.165, 1.54) is 0 Å². The molecule has 0 amide bonds. The second-order valence-corrected chi connectivity index (χ2v) is 2.81. The molecule has 0 aliphatic heterocycles. The van der Waals surface area contributed by atoms with Crippen LogP contribution in [0.3, 0.4) is 0 Å². The first-order valence-electron chi connectivity index (χ1n) is 4.09. The number of hydrogen-bond donors (Lipinski definition) is 2. The first-order chi connectivity index (χ1) is 6.22. The summed E-state index contributed by atoms with van der Waals surface area (Å²) in [5.41, 5.74) is 13.0. The summed E-state index contributed by atoms with van der Waals surface area (Å²) in [5, 5.41) is 0. The summed E-state index contributed by atoms with van der Waals surface area (Å²) in [6, 6.07) is 1.78. The Balaban J connectivity index is 2.80. The Hall–Kier alpha value is -1.78. The van der Waals surface area contributed by atoms with E-state index in [0.717, 1.165) is 17.6 Å². The van der Waals surface area contributed by atoms with Gasteiger partial charge in [-0.15, -0.1) is 0 Å². The molecule has 0 saturated heterocycles. The monoisotopic (exact) mass is 177 g/mol. The minimum atomic E-state index is 0.488. The van der Waals surface area contributed by atoms with E-state index in [4.69, 9.17) is 11.5 Å². The fraction of sp³-hybridized carbons (Fsp3) is 0.250. The molecule has 4 N–H and O–H groups in total. The summed E-state index contributed by atoms with van der Waals surface area (Å²) in [7, 11) is 0. The van der Waals surface area contributed by atoms with Crippen LogP contribution < -0.4 is 11.5 Å². The van der Waals surface area contributed by atoms with Gasteiger partial charge in [0, 0.05) is 12.6 Å². The molecule has 5 nitrogen and oxygen atoms in total. The molecule has 0 aromatic carbocycles. The smallest absolute Gasteiger partial charge is 0.201 e. The normalized spacial score (nSPS) is 10.8. The Morgan fingerprint density at radius 2 is 2.23 bits per heavy atom. The average molecular weight is 177 g/mol. The number of nitrogens with two attached hydrogens (primary N) is 2. The molecule has 2 aromatic rings. The third-order valence-electron chi connectivity index (χ3n) is 2.00. The summed E-state index contributed by atoms with van der Waals surface area (Å²) < 4.78 is 1.90. The highest BCUT2D eigenvalue weighted by Gasteiger charge is 2.06. The number of rotatable bonds is 1. The van der Waals surface area contributed by atoms with Crippen molar-refractivity contribution >= 4 is 22.8 Å². The van der Waals surface area contributed by atoms with Crippen LogP contribution >= 0.6 is 0 Å². The molecule has 0 saturated carbocycles. The first kappa shape index (κ1) is 7.85. The molecule has 0 unspecified atom stereocenters. The van der Waals surface area contributed by atoms with E-state index in [-0.39, 0.29) is 0 Å². The van der Waals surface area contributed by atoms with E-state index >= 15 is 0 Å². The van der Waals surface area contributed by atoms with E-state index in [1.807, 2.05) is 11.5 Å². The minimum Gasteiger partial charge on any atom is -0.384 e. The Kier molecular flexibility index (Phi) is 1.58. The highest BCUT2D eigenvalue weighted by molar-refractivity contribution is 5.79. The number of fused-ring (bicyclic) bond motifs is 1. The van der Waals surface area contributed by atoms with Gasteiger partial charge in [-0.3, -0.25) is 0 Å². The highest BCUT2D eigenvalue weighted by atomic mass is 15.2. The molecule has 2 heterocycles. The number of anilines is 2. The molecule has 5 heteroatoms. The Morgan fingerprint density at radius 1 is 1.46 bits per heavy atom. The number of pyridine rings is 1. The molecule has 2 aromatic heterocycles. The summed E-state index contributed by atoms with van der Waals surface area (Å²) >= 11 is 0. The van der Waals surface area contributed by atoms with Crippen molar-refractivity contribution in [2.45, 2.75) is 13.5 Å². The van der Waals surface area contributed by atoms with Gasteiger partial charge in [0.25, 0.3) is 0 Å². The molecule has 13 heavy (non-hydrogen) atoms. The SMILES string of the molecule is CCn1c(N)nc2cnc(N)cc21. The van der Waals surface area contributed by atoms with E-state index < -0.39 is 0 Å². The third-order valence-corrected chi connectivity index (χ3v) is 2.00. The maximum Gasteiger partial charge on any atom is 0.201 e. The summed E-state index contributed by atoms with van der Waals surface area (Å²) in [5.74, 6) is 0.993. The second kappa shape index (κ2) is 2.62. The Labute approximate surface area is 75.4 Å². The highest BCUT2D eigenvalue weighted by Crippen LogP contribution is 2.17. The van der Waals surface area contributed by atoms with Crippen LogP contribution in [0.25, 0.3) is 11.0 Å². The lowest BCUT2D eigenvalue weighted by Gasteiger charge is -2.00. The van der Waals surface area contributed by atoms with Crippen LogP contribution in [0.1, 0.15) is 6.92 Å². The fourth-order valence-electron chi connectivity index (χ4n) is 1.39. The zero-order valence-electron chi connectivity index (χ0n) is 7.36. The van der Waals surface area contributed by atoms with Gasteiger partial charge >= 0.3 is 0 Å². The van der Waals surface area contributed by atoms with Gasteiger partial charge in [-0.05, 0) is 6.92 Å². The lowest BCUT2D eigenvalue weighted by Crippen LogP contribution is -2.00. The van der Waals surface area contributed by atoms with Gasteiger partial charge in [0.05, 0.1) is 11.7 Å². The summed E-state index contributed by atoms with van der Waals surface area (Å²) in [4.78, 5) is 8.09. The third kappa shape index (κ3) is 1.09. The van der Waals surface area contributed by atoms with Gasteiger partial charge in [0.15, 0.2) is 0 Å². The van der Waals surface area contributed by atoms with Gasteiger partial charge < -0.3 is 16.0 Å². The Morgan fingerprint density at radius 3 is 2.92 bits per heavy atom. The quantitative estimate of drug-likeness (QED) is 0.668. The number of nitrogens with zero attached hydrogens (tertiary/aromatic N) is 3. The maximum absolute atomic E-state index is 5.70. The zero-order chi connectivity index (χ0) is 9.42. The molecule has 0 spiro atoms. The number of aryl methyl sites for hydroxylation is 1. The summed E-state index contributed by atoms with van der Waals surface area (Å²) in [6.45, 7) is 2.79. The first-order valence-corrected chi connectivity index (χ1v) is 4.09. The number of hydrogen-bond acceptors (Lipinski definition) is 4. The van der Waals surface area contributed by atoms with Crippen molar-refractivity contribution in [1.29, 1.82) is 0 Å². The molecular weight excluding hydrogens is 166 g/mol. The molecule has 0 radical (unpaired) electrons. The number of imidazole rings is 1. The van der Waals surface area contributed by atoms with E-state index in [0.29, 0.717) is 11.8 Å². The van der Waals surface area contributed by atoms with Crippen LogP contribution in [0.2, 0.25) is 0 Å². The van der Waals surface area contributed by atoms with Crippen molar-refractivity contribution in [3.63, 3.8) is 0 Å². The number of nitrogen functional groups attached to an aromatic ring is 2. The van der Waals surface area contributed by atoms with Crippen LogP contribution in [0.5, 0.6) is 0 Å². The maximum atomic E-state index is 5.70. The molecule has 0 fully saturated rings. The zero-order valence-corrected chi connectivity index (χ0v) is 7.36. The molecule has 2 rings (SSSR count). The van der Waals surface area contributed by atoms with Crippen molar-refractivity contribution in [2.75, 3.05) is 11.5 Å². The largest absolute Gasteiger partial charge is 0.384 e. The molecule has 0 atom stereocenters. The van der Waals surface area contributed by atoms with Crippen LogP contribution in [0, 0.1) is 0 Å². The lowest BCUT2D eigenvalue weighted by molar-refractivity contribution is 0.800. The molecule has 68 valence electrons. The predicted octanol–water partition coefficient (Wildman–Crippen LogP) is 0.616. The second-order valence-electron chi connectivity index (χ2n) is 2.81. The van der Waals surface area contributed by atoms with Gasteiger partial charge in [0.1, 0.15) is 11.3 Å². The lowest BCUT2D eigenvalue weighted by atomic mass is 10.4. The topological polar surface area (TPSA) is 82.8 Å². The predicted molar refractivity (Wildman–Crippen MR) is 52.0 cm³/mol. The minimum absolute atomic E-state index is 0.488. The van der Waals surface area contributed by atoms with Crippen molar-refractivity contribution in [2.24, 2.45) is 0 Å². The molecule has 0 aliphatic rings. The van der Waals surface area contributed by atoms with Gasteiger partial charge in [-0.2, -0.15) is 0 Å². The standard InChI is InChI=1S/C8H11N5/c1-2-13-6-3-7(9)11-4-5(6)12-8(13)10/h3-4H,2H2,1H3,(H2,9,11)(H2,10,12). The van der Waals surface area contributed by atoms with Crippen molar-refractivity contribution in [3.05, 3.63) is 12.3 Å². The van der Waals surface area contributed by atoms with Crippen LogP contribution in [-0.2, 0) is 6.54 Å². The molecule has 0 bridgehead atoms. The van der Waals surface area contributed by atoms with Crippen LogP contribution in [0.15, 0.2) is 12.3 Å². The van der Waals surface area contributed by atoms with Gasteiger partial charge in [-0.25, -0.2) is 9.97 Å². The fourth-order valence-corrected chi connectivity index (χ4v) is 1.39. The Bertz CT molecular complexity index is 445. The number of aromatic nitrogens is 3. The van der Waals surface area contributed by atoms with E-state index in [9.17, 15) is 0 Å². The summed E-state index contributed by atoms with van der Waals surface area (Å²) in [6.07, 6.45) is 1.63. The van der Waals surface area contributed by atoms with E-state index in [2.05, 4.69) is 9.97 Å². The van der Waals surface area contributed by atoms with Crippen LogP contribution in [0.4, 0.5) is 11.8 Å². The van der Waals surface area contributed by atoms with Crippen molar-refractivity contribution in [1.82, 2.24) is 14.5 Å². The van der Waals surface area contributed by atoms with E-state index in [1.54, 1.807) is 12.3 Å².